The number of carbonyl (C=O) groups is 2. The summed E-state index contributed by atoms with van der Waals surface area (Å²) in [5, 5.41) is 0. The van der Waals surface area contributed by atoms with E-state index in [-0.39, 0.29) is 11.9 Å². The maximum absolute atomic E-state index is 12.0. The molecule has 0 atom stereocenters. The summed E-state index contributed by atoms with van der Waals surface area (Å²) in [6.07, 6.45) is 1.29. The molecule has 116 valence electrons. The van der Waals surface area contributed by atoms with E-state index in [1.807, 2.05) is 31.2 Å². The molecule has 1 amide bonds. The lowest BCUT2D eigenvalue weighted by atomic mass is 10.1. The molecule has 0 heterocycles. The third kappa shape index (κ3) is 6.29. The van der Waals surface area contributed by atoms with Crippen molar-refractivity contribution in [2.45, 2.75) is 26.2 Å². The highest BCUT2D eigenvalue weighted by molar-refractivity contribution is 5.78. The van der Waals surface area contributed by atoms with E-state index in [0.29, 0.717) is 32.4 Å². The van der Waals surface area contributed by atoms with Crippen molar-refractivity contribution in [1.29, 1.82) is 0 Å². The van der Waals surface area contributed by atoms with Crippen molar-refractivity contribution in [2.75, 3.05) is 27.3 Å². The Morgan fingerprint density at radius 1 is 1.19 bits per heavy atom. The van der Waals surface area contributed by atoms with Crippen molar-refractivity contribution in [2.24, 2.45) is 0 Å². The van der Waals surface area contributed by atoms with Crippen LogP contribution in [0.25, 0.3) is 0 Å². The number of hydrogen-bond acceptors (Lipinski definition) is 4. The first-order valence-corrected chi connectivity index (χ1v) is 7.09. The third-order valence-electron chi connectivity index (χ3n) is 3.12. The first kappa shape index (κ1) is 17.0. The monoisotopic (exact) mass is 293 g/mol. The van der Waals surface area contributed by atoms with Crippen molar-refractivity contribution in [3.05, 3.63) is 29.8 Å². The molecule has 0 unspecified atom stereocenters. The van der Waals surface area contributed by atoms with Crippen molar-refractivity contribution >= 4 is 11.9 Å². The Morgan fingerprint density at radius 3 is 2.43 bits per heavy atom. The minimum atomic E-state index is -0.248. The van der Waals surface area contributed by atoms with Gasteiger partial charge in [0.1, 0.15) is 5.75 Å². The smallest absolute Gasteiger partial charge is 0.305 e. The van der Waals surface area contributed by atoms with Crippen LogP contribution in [0.1, 0.15) is 25.3 Å². The summed E-state index contributed by atoms with van der Waals surface area (Å²) in [7, 11) is 3.11. The molecule has 0 fully saturated rings. The Bertz CT molecular complexity index is 456. The van der Waals surface area contributed by atoms with E-state index in [2.05, 4.69) is 4.74 Å². The van der Waals surface area contributed by atoms with E-state index in [0.717, 1.165) is 11.3 Å². The summed E-state index contributed by atoms with van der Waals surface area (Å²) in [4.78, 5) is 24.7. The number of amides is 1. The molecule has 0 radical (unpaired) electrons. The molecule has 0 bridgehead atoms. The molecule has 1 rings (SSSR count). The van der Waals surface area contributed by atoms with Gasteiger partial charge in [-0.15, -0.1) is 0 Å². The van der Waals surface area contributed by atoms with Gasteiger partial charge in [0.05, 0.1) is 20.1 Å². The Labute approximate surface area is 125 Å². The normalized spacial score (nSPS) is 10.0. The quantitative estimate of drug-likeness (QED) is 0.688. The molecule has 0 aliphatic rings. The summed E-state index contributed by atoms with van der Waals surface area (Å²) in [6.45, 7) is 3.10. The van der Waals surface area contributed by atoms with E-state index in [1.54, 1.807) is 11.9 Å². The van der Waals surface area contributed by atoms with Crippen LogP contribution in [0.2, 0.25) is 0 Å². The molecule has 5 heteroatoms. The van der Waals surface area contributed by atoms with Crippen molar-refractivity contribution in [3.8, 4) is 5.75 Å². The average molecular weight is 293 g/mol. The van der Waals surface area contributed by atoms with Crippen LogP contribution >= 0.6 is 0 Å². The molecule has 1 aromatic rings. The van der Waals surface area contributed by atoms with Crippen LogP contribution in [0.4, 0.5) is 0 Å². The Hall–Kier alpha value is -2.04. The van der Waals surface area contributed by atoms with Gasteiger partial charge in [-0.25, -0.2) is 0 Å². The predicted molar refractivity (Wildman–Crippen MR) is 80.2 cm³/mol. The second-order valence-corrected chi connectivity index (χ2v) is 4.75. The Morgan fingerprint density at radius 2 is 1.86 bits per heavy atom. The summed E-state index contributed by atoms with van der Waals surface area (Å²) < 4.78 is 9.93. The van der Waals surface area contributed by atoms with E-state index < -0.39 is 0 Å². The van der Waals surface area contributed by atoms with Gasteiger partial charge in [-0.3, -0.25) is 9.59 Å². The topological polar surface area (TPSA) is 55.8 Å². The lowest BCUT2D eigenvalue weighted by Crippen LogP contribution is -2.29. The van der Waals surface area contributed by atoms with Gasteiger partial charge >= 0.3 is 5.97 Å². The van der Waals surface area contributed by atoms with Crippen molar-refractivity contribution in [1.82, 2.24) is 4.90 Å². The third-order valence-corrected chi connectivity index (χ3v) is 3.12. The van der Waals surface area contributed by atoms with Gasteiger partial charge < -0.3 is 14.4 Å². The van der Waals surface area contributed by atoms with Gasteiger partial charge in [-0.1, -0.05) is 12.1 Å². The number of rotatable bonds is 8. The molecule has 21 heavy (non-hydrogen) atoms. The molecule has 0 aliphatic carbocycles. The summed E-state index contributed by atoms with van der Waals surface area (Å²) in [5.74, 6) is 0.589. The number of hydrogen-bond donors (Lipinski definition) is 0. The Balaban J connectivity index is 2.39. The van der Waals surface area contributed by atoms with Crippen LogP contribution in [0, 0.1) is 0 Å². The van der Waals surface area contributed by atoms with Gasteiger partial charge in [-0.2, -0.15) is 0 Å². The van der Waals surface area contributed by atoms with Gasteiger partial charge in [0.25, 0.3) is 0 Å². The second-order valence-electron chi connectivity index (χ2n) is 4.75. The molecular formula is C16H23NO4. The van der Waals surface area contributed by atoms with Gasteiger partial charge in [0.15, 0.2) is 0 Å². The molecule has 1 aromatic carbocycles. The highest BCUT2D eigenvalue weighted by Crippen LogP contribution is 2.13. The molecule has 0 aliphatic heterocycles. The van der Waals surface area contributed by atoms with Crippen LogP contribution in [0.15, 0.2) is 24.3 Å². The van der Waals surface area contributed by atoms with Crippen molar-refractivity contribution < 1.29 is 19.1 Å². The lowest BCUT2D eigenvalue weighted by Gasteiger charge is -2.17. The van der Waals surface area contributed by atoms with E-state index in [9.17, 15) is 9.59 Å². The Kier molecular flexibility index (Phi) is 7.29. The van der Waals surface area contributed by atoms with Crippen molar-refractivity contribution in [3.63, 3.8) is 0 Å². The summed E-state index contributed by atoms with van der Waals surface area (Å²) in [5.41, 5.74) is 0.947. The molecular weight excluding hydrogens is 270 g/mol. The zero-order valence-electron chi connectivity index (χ0n) is 12.9. The maximum atomic E-state index is 12.0. The summed E-state index contributed by atoms with van der Waals surface area (Å²) >= 11 is 0. The largest absolute Gasteiger partial charge is 0.494 e. The van der Waals surface area contributed by atoms with E-state index >= 15 is 0 Å². The predicted octanol–water partition coefficient (Wildman–Crippen LogP) is 2.04. The lowest BCUT2D eigenvalue weighted by molar-refractivity contribution is -0.141. The zero-order valence-corrected chi connectivity index (χ0v) is 12.9. The SMILES string of the molecule is CCOc1ccc(CC(=O)N(C)CCCC(=O)OC)cc1. The molecule has 0 aromatic heterocycles. The number of benzene rings is 1. The molecule has 5 nitrogen and oxygen atoms in total. The van der Waals surface area contributed by atoms with Crippen LogP contribution in [-0.4, -0.2) is 44.1 Å². The van der Waals surface area contributed by atoms with Gasteiger partial charge in [-0.05, 0) is 31.0 Å². The minimum absolute atomic E-state index is 0.0315. The number of nitrogens with zero attached hydrogens (tertiary/aromatic N) is 1. The van der Waals surface area contributed by atoms with Crippen LogP contribution in [0.3, 0.4) is 0 Å². The van der Waals surface area contributed by atoms with E-state index in [1.165, 1.54) is 7.11 Å². The average Bonchev–Trinajstić information content (AvgIpc) is 2.49. The molecule has 0 spiro atoms. The number of likely N-dealkylation sites (N-methyl/N-ethyl adjacent to an activating group) is 1. The molecule has 0 saturated heterocycles. The van der Waals surface area contributed by atoms with Crippen LogP contribution < -0.4 is 4.74 Å². The minimum Gasteiger partial charge on any atom is -0.494 e. The maximum Gasteiger partial charge on any atom is 0.305 e. The second kappa shape index (κ2) is 9.00. The van der Waals surface area contributed by atoms with Crippen LogP contribution in [0.5, 0.6) is 5.75 Å². The fourth-order valence-corrected chi connectivity index (χ4v) is 1.87. The fraction of sp³-hybridized carbons (Fsp3) is 0.500. The standard InChI is InChI=1S/C16H23NO4/c1-4-21-14-9-7-13(8-10-14)12-15(18)17(2)11-5-6-16(19)20-3/h7-10H,4-6,11-12H2,1-3H3. The molecule has 0 N–H and O–H groups in total. The van der Waals surface area contributed by atoms with E-state index in [4.69, 9.17) is 4.74 Å². The fourth-order valence-electron chi connectivity index (χ4n) is 1.87. The first-order valence-electron chi connectivity index (χ1n) is 7.09. The number of carbonyl (C=O) groups excluding carboxylic acids is 2. The highest BCUT2D eigenvalue weighted by atomic mass is 16.5. The first-order chi connectivity index (χ1) is 10.1. The highest BCUT2D eigenvalue weighted by Gasteiger charge is 2.10. The summed E-state index contributed by atoms with van der Waals surface area (Å²) in [6, 6.07) is 7.52. The van der Waals surface area contributed by atoms with Crippen LogP contribution in [-0.2, 0) is 20.7 Å². The number of ether oxygens (including phenoxy) is 2. The number of methoxy groups -OCH3 is 1. The molecule has 0 saturated carbocycles. The zero-order chi connectivity index (χ0) is 15.7. The number of esters is 1. The van der Waals surface area contributed by atoms with Gasteiger partial charge in [0, 0.05) is 20.0 Å². The van der Waals surface area contributed by atoms with Gasteiger partial charge in [0.2, 0.25) is 5.91 Å².